The molecule has 0 saturated heterocycles. The van der Waals surface area contributed by atoms with Crippen molar-refractivity contribution in [1.29, 1.82) is 0 Å². The topological polar surface area (TPSA) is 46.5 Å². The maximum absolute atomic E-state index is 10.8. The van der Waals surface area contributed by atoms with Crippen LogP contribution >= 0.6 is 0 Å². The second-order valence-electron chi connectivity index (χ2n) is 6.45. The van der Waals surface area contributed by atoms with E-state index in [1.165, 1.54) is 32.1 Å². The Kier molecular flexibility index (Phi) is 8.47. The molecular weight excluding hydrogens is 324 g/mol. The zero-order chi connectivity index (χ0) is 18.6. The van der Waals surface area contributed by atoms with Gasteiger partial charge in [-0.1, -0.05) is 75.4 Å². The number of carboxylic acids is 1. The third-order valence-corrected chi connectivity index (χ3v) is 4.27. The Morgan fingerprint density at radius 1 is 0.846 bits per heavy atom. The lowest BCUT2D eigenvalue weighted by atomic mass is 10.1. The minimum Gasteiger partial charge on any atom is -0.494 e. The Labute approximate surface area is 156 Å². The number of carboxylic acid groups (broad SMARTS) is 1. The molecule has 2 aromatic rings. The van der Waals surface area contributed by atoms with Crippen molar-refractivity contribution in [2.45, 2.75) is 45.4 Å². The zero-order valence-corrected chi connectivity index (χ0v) is 15.5. The minimum absolute atomic E-state index is 0.300. The van der Waals surface area contributed by atoms with E-state index in [-0.39, 0.29) is 0 Å². The van der Waals surface area contributed by atoms with Crippen molar-refractivity contribution in [2.24, 2.45) is 0 Å². The summed E-state index contributed by atoms with van der Waals surface area (Å²) < 4.78 is 5.79. The van der Waals surface area contributed by atoms with Gasteiger partial charge in [0.2, 0.25) is 0 Å². The number of ether oxygens (including phenoxy) is 1. The van der Waals surface area contributed by atoms with Crippen LogP contribution in [0.4, 0.5) is 0 Å². The quantitative estimate of drug-likeness (QED) is 0.381. The van der Waals surface area contributed by atoms with Crippen LogP contribution in [-0.2, 0) is 0 Å². The average molecular weight is 352 g/mol. The lowest BCUT2D eigenvalue weighted by molar-refractivity contribution is 0.0697. The summed E-state index contributed by atoms with van der Waals surface area (Å²) in [7, 11) is 0. The Hall–Kier alpha value is -2.55. The summed E-state index contributed by atoms with van der Waals surface area (Å²) in [6, 6.07) is 14.9. The summed E-state index contributed by atoms with van der Waals surface area (Å²) in [5, 5.41) is 8.91. The molecule has 0 saturated carbocycles. The van der Waals surface area contributed by atoms with Crippen molar-refractivity contribution in [3.63, 3.8) is 0 Å². The van der Waals surface area contributed by atoms with Crippen molar-refractivity contribution in [2.75, 3.05) is 6.61 Å². The van der Waals surface area contributed by atoms with Crippen LogP contribution in [0.25, 0.3) is 12.2 Å². The molecule has 2 aromatic carbocycles. The van der Waals surface area contributed by atoms with Crippen LogP contribution in [0.3, 0.4) is 0 Å². The summed E-state index contributed by atoms with van der Waals surface area (Å²) in [5.74, 6) is -0.00130. The molecular formula is C23H28O3. The van der Waals surface area contributed by atoms with Crippen LogP contribution in [-0.4, -0.2) is 17.7 Å². The van der Waals surface area contributed by atoms with E-state index in [4.69, 9.17) is 9.84 Å². The van der Waals surface area contributed by atoms with Crippen molar-refractivity contribution < 1.29 is 14.6 Å². The Balaban J connectivity index is 1.75. The molecule has 0 amide bonds. The molecule has 0 aromatic heterocycles. The van der Waals surface area contributed by atoms with E-state index in [1.54, 1.807) is 24.3 Å². The highest BCUT2D eigenvalue weighted by atomic mass is 16.5. The smallest absolute Gasteiger partial charge is 0.335 e. The number of carbonyl (C=O) groups is 1. The molecule has 3 nitrogen and oxygen atoms in total. The van der Waals surface area contributed by atoms with Crippen molar-refractivity contribution in [3.05, 3.63) is 65.2 Å². The normalized spacial score (nSPS) is 11.0. The molecule has 1 N–H and O–H groups in total. The molecule has 0 radical (unpaired) electrons. The number of hydrogen-bond acceptors (Lipinski definition) is 2. The van der Waals surface area contributed by atoms with E-state index in [0.29, 0.717) is 5.56 Å². The van der Waals surface area contributed by atoms with Gasteiger partial charge >= 0.3 is 5.97 Å². The lowest BCUT2D eigenvalue weighted by Gasteiger charge is -2.06. The van der Waals surface area contributed by atoms with E-state index in [0.717, 1.165) is 29.9 Å². The van der Waals surface area contributed by atoms with Crippen LogP contribution < -0.4 is 4.74 Å². The second-order valence-corrected chi connectivity index (χ2v) is 6.45. The average Bonchev–Trinajstić information content (AvgIpc) is 2.67. The first kappa shape index (κ1) is 19.8. The van der Waals surface area contributed by atoms with E-state index in [9.17, 15) is 4.79 Å². The van der Waals surface area contributed by atoms with E-state index < -0.39 is 5.97 Å². The fourth-order valence-electron chi connectivity index (χ4n) is 2.68. The molecule has 138 valence electrons. The minimum atomic E-state index is -0.905. The predicted octanol–water partition coefficient (Wildman–Crippen LogP) is 6.29. The SMILES string of the molecule is CCCCCCCCOc1ccc(C=Cc2ccc(C(=O)O)cc2)cc1. The molecule has 0 unspecified atom stereocenters. The Morgan fingerprint density at radius 3 is 1.96 bits per heavy atom. The van der Waals surface area contributed by atoms with Gasteiger partial charge in [-0.2, -0.15) is 0 Å². The lowest BCUT2D eigenvalue weighted by Crippen LogP contribution is -1.97. The first-order chi connectivity index (χ1) is 12.7. The van der Waals surface area contributed by atoms with Crippen LogP contribution in [0.2, 0.25) is 0 Å². The third kappa shape index (κ3) is 7.14. The summed E-state index contributed by atoms with van der Waals surface area (Å²) in [4.78, 5) is 10.8. The predicted molar refractivity (Wildman–Crippen MR) is 108 cm³/mol. The van der Waals surface area contributed by atoms with Gasteiger partial charge in [0.05, 0.1) is 12.2 Å². The molecule has 2 rings (SSSR count). The maximum Gasteiger partial charge on any atom is 0.335 e. The van der Waals surface area contributed by atoms with Gasteiger partial charge in [-0.15, -0.1) is 0 Å². The number of hydrogen-bond donors (Lipinski definition) is 1. The first-order valence-electron chi connectivity index (χ1n) is 9.43. The van der Waals surface area contributed by atoms with Gasteiger partial charge in [0, 0.05) is 0 Å². The summed E-state index contributed by atoms with van der Waals surface area (Å²) in [6.45, 7) is 3.01. The Bertz CT molecular complexity index is 684. The standard InChI is InChI=1S/C23H28O3/c1-2-3-4-5-6-7-18-26-22-16-12-20(13-17-22)9-8-19-10-14-21(15-11-19)23(24)25/h8-17H,2-7,18H2,1H3,(H,24,25). The summed E-state index contributed by atoms with van der Waals surface area (Å²) in [5.41, 5.74) is 2.35. The fourth-order valence-corrected chi connectivity index (χ4v) is 2.68. The van der Waals surface area contributed by atoms with E-state index in [1.807, 2.05) is 36.4 Å². The van der Waals surface area contributed by atoms with E-state index in [2.05, 4.69) is 6.92 Å². The molecule has 0 bridgehead atoms. The van der Waals surface area contributed by atoms with E-state index >= 15 is 0 Å². The molecule has 26 heavy (non-hydrogen) atoms. The molecule has 0 heterocycles. The Morgan fingerprint density at radius 2 is 1.38 bits per heavy atom. The number of unbranched alkanes of at least 4 members (excludes halogenated alkanes) is 5. The third-order valence-electron chi connectivity index (χ3n) is 4.27. The van der Waals surface area contributed by atoms with Crippen LogP contribution in [0.5, 0.6) is 5.75 Å². The molecule has 3 heteroatoms. The summed E-state index contributed by atoms with van der Waals surface area (Å²) >= 11 is 0. The number of benzene rings is 2. The van der Waals surface area contributed by atoms with Gasteiger partial charge in [0.1, 0.15) is 5.75 Å². The van der Waals surface area contributed by atoms with Crippen LogP contribution in [0.15, 0.2) is 48.5 Å². The molecule has 0 aliphatic rings. The molecule has 0 fully saturated rings. The van der Waals surface area contributed by atoms with Crippen molar-refractivity contribution in [3.8, 4) is 5.75 Å². The molecule has 0 aliphatic carbocycles. The zero-order valence-electron chi connectivity index (χ0n) is 15.5. The molecule has 0 atom stereocenters. The highest BCUT2D eigenvalue weighted by Gasteiger charge is 2.00. The van der Waals surface area contributed by atoms with Gasteiger partial charge in [-0.25, -0.2) is 4.79 Å². The largest absolute Gasteiger partial charge is 0.494 e. The van der Waals surface area contributed by atoms with Gasteiger partial charge in [0.25, 0.3) is 0 Å². The second kappa shape index (κ2) is 11.1. The highest BCUT2D eigenvalue weighted by molar-refractivity contribution is 5.88. The van der Waals surface area contributed by atoms with Gasteiger partial charge in [-0.3, -0.25) is 0 Å². The molecule has 0 aliphatic heterocycles. The number of rotatable bonds is 11. The monoisotopic (exact) mass is 352 g/mol. The van der Waals surface area contributed by atoms with Crippen LogP contribution in [0, 0.1) is 0 Å². The highest BCUT2D eigenvalue weighted by Crippen LogP contribution is 2.16. The molecule has 0 spiro atoms. The van der Waals surface area contributed by atoms with Crippen molar-refractivity contribution in [1.82, 2.24) is 0 Å². The maximum atomic E-state index is 10.8. The fraction of sp³-hybridized carbons (Fsp3) is 0.348. The van der Waals surface area contributed by atoms with Gasteiger partial charge in [-0.05, 0) is 41.8 Å². The van der Waals surface area contributed by atoms with Gasteiger partial charge < -0.3 is 9.84 Å². The van der Waals surface area contributed by atoms with Crippen molar-refractivity contribution >= 4 is 18.1 Å². The van der Waals surface area contributed by atoms with Gasteiger partial charge in [0.15, 0.2) is 0 Å². The van der Waals surface area contributed by atoms with Crippen LogP contribution in [0.1, 0.15) is 66.9 Å². The number of aromatic carboxylic acids is 1. The summed E-state index contributed by atoms with van der Waals surface area (Å²) in [6.07, 6.45) is 11.6. The first-order valence-corrected chi connectivity index (χ1v) is 9.43.